The normalized spacial score (nSPS) is 20.2. The van der Waals surface area contributed by atoms with Gasteiger partial charge in [0.15, 0.2) is 0 Å². The number of benzene rings is 1. The third-order valence-electron chi connectivity index (χ3n) is 6.24. The van der Waals surface area contributed by atoms with E-state index < -0.39 is 10.0 Å². The molecule has 1 aromatic heterocycles. The zero-order valence-corrected chi connectivity index (χ0v) is 16.7. The standard InChI is InChI=1S/C19H26N4O3S/c1-15-20-21-18-7-8-19(11-14-23(15)18)9-12-22(13-10-19)27(24,25)17-5-3-16(26-2)4-6-17/h3-6H,7-14H2,1-2H3. The molecular formula is C19H26N4O3S. The van der Waals surface area contributed by atoms with Crippen molar-refractivity contribution in [1.82, 2.24) is 19.1 Å². The lowest BCUT2D eigenvalue weighted by atomic mass is 9.73. The number of hydrogen-bond donors (Lipinski definition) is 0. The summed E-state index contributed by atoms with van der Waals surface area (Å²) in [5.74, 6) is 2.70. The topological polar surface area (TPSA) is 77.3 Å². The molecular weight excluding hydrogens is 364 g/mol. The Kier molecular flexibility index (Phi) is 4.71. The van der Waals surface area contributed by atoms with E-state index in [1.807, 2.05) is 6.92 Å². The number of methoxy groups -OCH3 is 1. The molecule has 1 saturated heterocycles. The number of rotatable bonds is 3. The molecule has 0 atom stereocenters. The lowest BCUT2D eigenvalue weighted by Gasteiger charge is -2.40. The predicted molar refractivity (Wildman–Crippen MR) is 101 cm³/mol. The van der Waals surface area contributed by atoms with E-state index in [1.165, 1.54) is 0 Å². The van der Waals surface area contributed by atoms with E-state index in [0.717, 1.165) is 50.3 Å². The monoisotopic (exact) mass is 390 g/mol. The Labute approximate surface area is 160 Å². The zero-order chi connectivity index (χ0) is 19.1. The third kappa shape index (κ3) is 3.36. The largest absolute Gasteiger partial charge is 0.497 e. The maximum absolute atomic E-state index is 13.0. The zero-order valence-electron chi connectivity index (χ0n) is 15.9. The molecule has 7 nitrogen and oxygen atoms in total. The van der Waals surface area contributed by atoms with E-state index in [4.69, 9.17) is 4.74 Å². The molecule has 1 aromatic carbocycles. The average Bonchev–Trinajstić information content (AvgIpc) is 2.95. The van der Waals surface area contributed by atoms with Gasteiger partial charge in [-0.1, -0.05) is 0 Å². The first-order valence-corrected chi connectivity index (χ1v) is 10.9. The second kappa shape index (κ2) is 6.91. The first-order chi connectivity index (χ1) is 12.9. The van der Waals surface area contributed by atoms with E-state index >= 15 is 0 Å². The minimum Gasteiger partial charge on any atom is -0.497 e. The van der Waals surface area contributed by atoms with Crippen LogP contribution in [0.15, 0.2) is 29.2 Å². The Balaban J connectivity index is 1.45. The number of fused-ring (bicyclic) bond motifs is 1. The second-order valence-corrected chi connectivity index (χ2v) is 9.58. The molecule has 0 saturated carbocycles. The van der Waals surface area contributed by atoms with E-state index in [9.17, 15) is 8.42 Å². The van der Waals surface area contributed by atoms with Gasteiger partial charge in [-0.25, -0.2) is 8.42 Å². The summed E-state index contributed by atoms with van der Waals surface area (Å²) in [7, 11) is -1.88. The summed E-state index contributed by atoms with van der Waals surface area (Å²) >= 11 is 0. The Morgan fingerprint density at radius 3 is 2.33 bits per heavy atom. The summed E-state index contributed by atoms with van der Waals surface area (Å²) < 4.78 is 34.9. The van der Waals surface area contributed by atoms with Crippen LogP contribution in [-0.4, -0.2) is 47.7 Å². The maximum Gasteiger partial charge on any atom is 0.243 e. The molecule has 2 aliphatic rings. The Hall–Kier alpha value is -1.93. The van der Waals surface area contributed by atoms with Crippen molar-refractivity contribution in [2.45, 2.75) is 50.5 Å². The first kappa shape index (κ1) is 18.4. The molecule has 4 rings (SSSR count). The van der Waals surface area contributed by atoms with Crippen molar-refractivity contribution in [2.75, 3.05) is 20.2 Å². The molecule has 1 spiro atoms. The molecule has 0 aliphatic carbocycles. The smallest absolute Gasteiger partial charge is 0.243 e. The van der Waals surface area contributed by atoms with Crippen LogP contribution in [0.5, 0.6) is 5.75 Å². The highest BCUT2D eigenvalue weighted by Crippen LogP contribution is 2.42. The van der Waals surface area contributed by atoms with Gasteiger partial charge in [0.25, 0.3) is 0 Å². The lowest BCUT2D eigenvalue weighted by Crippen LogP contribution is -2.43. The predicted octanol–water partition coefficient (Wildman–Crippen LogP) is 2.40. The van der Waals surface area contributed by atoms with Crippen LogP contribution in [0.4, 0.5) is 0 Å². The van der Waals surface area contributed by atoms with Crippen LogP contribution in [-0.2, 0) is 23.0 Å². The maximum atomic E-state index is 13.0. The molecule has 1 fully saturated rings. The molecule has 8 heteroatoms. The summed E-state index contributed by atoms with van der Waals surface area (Å²) in [5, 5.41) is 8.48. The van der Waals surface area contributed by atoms with Crippen molar-refractivity contribution in [2.24, 2.45) is 5.41 Å². The highest BCUT2D eigenvalue weighted by atomic mass is 32.2. The van der Waals surface area contributed by atoms with Crippen LogP contribution in [0.2, 0.25) is 0 Å². The van der Waals surface area contributed by atoms with E-state index in [-0.39, 0.29) is 5.41 Å². The van der Waals surface area contributed by atoms with Crippen molar-refractivity contribution in [3.8, 4) is 5.75 Å². The Bertz CT molecular complexity index is 913. The molecule has 0 N–H and O–H groups in total. The van der Waals surface area contributed by atoms with Crippen LogP contribution in [0.3, 0.4) is 0 Å². The van der Waals surface area contributed by atoms with E-state index in [0.29, 0.717) is 23.7 Å². The van der Waals surface area contributed by atoms with Crippen LogP contribution >= 0.6 is 0 Å². The number of nitrogens with zero attached hydrogens (tertiary/aromatic N) is 4. The molecule has 27 heavy (non-hydrogen) atoms. The highest BCUT2D eigenvalue weighted by molar-refractivity contribution is 7.89. The van der Waals surface area contributed by atoms with Gasteiger partial charge in [-0.3, -0.25) is 0 Å². The van der Waals surface area contributed by atoms with Crippen molar-refractivity contribution in [3.63, 3.8) is 0 Å². The molecule has 2 aliphatic heterocycles. The van der Waals surface area contributed by atoms with Crippen molar-refractivity contribution in [1.29, 1.82) is 0 Å². The van der Waals surface area contributed by atoms with Crippen LogP contribution < -0.4 is 4.74 Å². The van der Waals surface area contributed by atoms with Gasteiger partial charge in [0.05, 0.1) is 12.0 Å². The number of ether oxygens (including phenoxy) is 1. The SMILES string of the molecule is COc1ccc(S(=O)(=O)N2CCC3(CCc4nnc(C)n4CC3)CC2)cc1. The number of sulfonamides is 1. The van der Waals surface area contributed by atoms with Crippen LogP contribution in [0.25, 0.3) is 0 Å². The van der Waals surface area contributed by atoms with Gasteiger partial charge in [-0.2, -0.15) is 4.31 Å². The average molecular weight is 391 g/mol. The van der Waals surface area contributed by atoms with Gasteiger partial charge in [0.2, 0.25) is 10.0 Å². The van der Waals surface area contributed by atoms with Crippen molar-refractivity contribution < 1.29 is 13.2 Å². The van der Waals surface area contributed by atoms with E-state index in [1.54, 1.807) is 35.7 Å². The fourth-order valence-corrected chi connectivity index (χ4v) is 5.79. The summed E-state index contributed by atoms with van der Waals surface area (Å²) in [6.45, 7) is 4.08. The molecule has 0 unspecified atom stereocenters. The third-order valence-corrected chi connectivity index (χ3v) is 8.15. The number of aromatic nitrogens is 3. The molecule has 0 bridgehead atoms. The fourth-order valence-electron chi connectivity index (χ4n) is 4.35. The summed E-state index contributed by atoms with van der Waals surface area (Å²) in [5.41, 5.74) is 0.207. The van der Waals surface area contributed by atoms with Crippen LogP contribution in [0, 0.1) is 12.3 Å². The minimum absolute atomic E-state index is 0.207. The number of piperidine rings is 1. The van der Waals surface area contributed by atoms with Gasteiger partial charge in [0, 0.05) is 26.1 Å². The fraction of sp³-hybridized carbons (Fsp3) is 0.579. The molecule has 3 heterocycles. The van der Waals surface area contributed by atoms with Gasteiger partial charge < -0.3 is 9.30 Å². The quantitative estimate of drug-likeness (QED) is 0.804. The highest BCUT2D eigenvalue weighted by Gasteiger charge is 2.39. The lowest BCUT2D eigenvalue weighted by molar-refractivity contribution is 0.129. The van der Waals surface area contributed by atoms with Gasteiger partial charge >= 0.3 is 0 Å². The Morgan fingerprint density at radius 2 is 1.67 bits per heavy atom. The molecule has 146 valence electrons. The first-order valence-electron chi connectivity index (χ1n) is 9.46. The number of aryl methyl sites for hydroxylation is 2. The summed E-state index contributed by atoms with van der Waals surface area (Å²) in [6.07, 6.45) is 4.85. The summed E-state index contributed by atoms with van der Waals surface area (Å²) in [6, 6.07) is 6.64. The van der Waals surface area contributed by atoms with Gasteiger partial charge in [0.1, 0.15) is 17.4 Å². The second-order valence-electron chi connectivity index (χ2n) is 7.64. The number of hydrogen-bond acceptors (Lipinski definition) is 5. The van der Waals surface area contributed by atoms with Crippen molar-refractivity contribution in [3.05, 3.63) is 35.9 Å². The summed E-state index contributed by atoms with van der Waals surface area (Å²) in [4.78, 5) is 0.335. The van der Waals surface area contributed by atoms with Gasteiger partial charge in [-0.15, -0.1) is 10.2 Å². The van der Waals surface area contributed by atoms with Crippen LogP contribution in [0.1, 0.15) is 37.3 Å². The Morgan fingerprint density at radius 1 is 1.00 bits per heavy atom. The molecule has 0 amide bonds. The minimum atomic E-state index is -3.45. The molecule has 2 aromatic rings. The van der Waals surface area contributed by atoms with Gasteiger partial charge in [-0.05, 0) is 62.3 Å². The van der Waals surface area contributed by atoms with Crippen molar-refractivity contribution >= 4 is 10.0 Å². The molecule has 0 radical (unpaired) electrons. The van der Waals surface area contributed by atoms with E-state index in [2.05, 4.69) is 14.8 Å².